The lowest BCUT2D eigenvalue weighted by atomic mass is 10.1. The largest absolute Gasteiger partial charge is 0.507 e. The van der Waals surface area contributed by atoms with E-state index in [9.17, 15) is 13.5 Å². The fraction of sp³-hybridized carbons (Fsp3) is 0.400. The number of phenolic OH excluding ortho intramolecular Hbond substituents is 1. The van der Waals surface area contributed by atoms with E-state index in [1.807, 2.05) is 6.92 Å². The molecule has 1 aromatic rings. The number of phenols is 1. The maximum atomic E-state index is 11.2. The third kappa shape index (κ3) is 3.21. The van der Waals surface area contributed by atoms with Crippen LogP contribution in [0.2, 0.25) is 0 Å². The van der Waals surface area contributed by atoms with Gasteiger partial charge in [0.2, 0.25) is 0 Å². The molecule has 1 aromatic carbocycles. The molecule has 0 spiro atoms. The van der Waals surface area contributed by atoms with Crippen LogP contribution >= 0.6 is 0 Å². The Bertz CT molecular complexity index is 452. The van der Waals surface area contributed by atoms with Gasteiger partial charge < -0.3 is 10.8 Å². The van der Waals surface area contributed by atoms with Crippen LogP contribution in [0.5, 0.6) is 5.75 Å². The summed E-state index contributed by atoms with van der Waals surface area (Å²) >= 11 is 0. The van der Waals surface area contributed by atoms with Gasteiger partial charge in [-0.15, -0.1) is 0 Å². The van der Waals surface area contributed by atoms with Crippen molar-refractivity contribution < 1.29 is 13.5 Å². The zero-order valence-corrected chi connectivity index (χ0v) is 9.58. The summed E-state index contributed by atoms with van der Waals surface area (Å²) in [7, 11) is -3.36. The second-order valence-electron chi connectivity index (χ2n) is 3.76. The van der Waals surface area contributed by atoms with Crippen LogP contribution in [0.3, 0.4) is 0 Å². The van der Waals surface area contributed by atoms with Crippen LogP contribution in [-0.2, 0) is 16.3 Å². The normalized spacial score (nSPS) is 13.8. The van der Waals surface area contributed by atoms with E-state index in [0.29, 0.717) is 6.42 Å². The van der Waals surface area contributed by atoms with Crippen molar-refractivity contribution in [3.63, 3.8) is 0 Å². The van der Waals surface area contributed by atoms with E-state index < -0.39 is 9.84 Å². The number of aromatic hydroxyl groups is 1. The van der Waals surface area contributed by atoms with Gasteiger partial charge in [-0.1, -0.05) is 6.07 Å². The van der Waals surface area contributed by atoms with Crippen molar-refractivity contribution in [2.75, 3.05) is 6.26 Å². The molecule has 0 bridgehead atoms. The highest BCUT2D eigenvalue weighted by atomic mass is 32.2. The molecule has 0 aliphatic carbocycles. The minimum absolute atomic E-state index is 0.0199. The van der Waals surface area contributed by atoms with Crippen LogP contribution in [0.15, 0.2) is 23.1 Å². The Morgan fingerprint density at radius 1 is 1.47 bits per heavy atom. The van der Waals surface area contributed by atoms with Gasteiger partial charge >= 0.3 is 0 Å². The number of sulfone groups is 1. The first-order valence-corrected chi connectivity index (χ1v) is 6.47. The third-order valence-corrected chi connectivity index (χ3v) is 3.12. The first-order valence-electron chi connectivity index (χ1n) is 4.58. The standard InChI is InChI=1S/C10H15NO3S/c1-7(11)5-8-3-4-10(9(12)6-8)15(2,13)14/h3-4,6-7,12H,5,11H2,1-2H3. The minimum atomic E-state index is -3.36. The molecule has 0 saturated heterocycles. The van der Waals surface area contributed by atoms with Crippen molar-refractivity contribution in [1.29, 1.82) is 0 Å². The highest BCUT2D eigenvalue weighted by Crippen LogP contribution is 2.23. The van der Waals surface area contributed by atoms with Gasteiger partial charge in [-0.3, -0.25) is 0 Å². The monoisotopic (exact) mass is 229 g/mol. The van der Waals surface area contributed by atoms with Gasteiger partial charge in [-0.2, -0.15) is 0 Å². The van der Waals surface area contributed by atoms with E-state index in [2.05, 4.69) is 0 Å². The van der Waals surface area contributed by atoms with Gasteiger partial charge in [0.15, 0.2) is 9.84 Å². The molecule has 0 aromatic heterocycles. The minimum Gasteiger partial charge on any atom is -0.507 e. The molecular weight excluding hydrogens is 214 g/mol. The molecule has 1 atom stereocenters. The smallest absolute Gasteiger partial charge is 0.179 e. The van der Waals surface area contributed by atoms with Gasteiger partial charge in [0, 0.05) is 12.3 Å². The molecule has 0 heterocycles. The van der Waals surface area contributed by atoms with E-state index in [1.54, 1.807) is 6.07 Å². The molecule has 3 N–H and O–H groups in total. The number of rotatable bonds is 3. The predicted octanol–water partition coefficient (Wildman–Crippen LogP) is 0.685. The molecule has 0 aliphatic rings. The van der Waals surface area contributed by atoms with Crippen molar-refractivity contribution in [2.45, 2.75) is 24.3 Å². The first kappa shape index (κ1) is 12.0. The average Bonchev–Trinajstić information content (AvgIpc) is 1.99. The van der Waals surface area contributed by atoms with Gasteiger partial charge in [0.1, 0.15) is 10.6 Å². The first-order chi connectivity index (χ1) is 6.80. The van der Waals surface area contributed by atoms with Crippen LogP contribution in [0.25, 0.3) is 0 Å². The Morgan fingerprint density at radius 3 is 2.47 bits per heavy atom. The summed E-state index contributed by atoms with van der Waals surface area (Å²) in [5.74, 6) is -0.212. The molecular formula is C10H15NO3S. The summed E-state index contributed by atoms with van der Waals surface area (Å²) in [6.07, 6.45) is 1.67. The topological polar surface area (TPSA) is 80.4 Å². The molecule has 15 heavy (non-hydrogen) atoms. The lowest BCUT2D eigenvalue weighted by Gasteiger charge is -2.07. The Morgan fingerprint density at radius 2 is 2.07 bits per heavy atom. The summed E-state index contributed by atoms with van der Waals surface area (Å²) in [5, 5.41) is 9.52. The quantitative estimate of drug-likeness (QED) is 0.799. The van der Waals surface area contributed by atoms with Crippen molar-refractivity contribution >= 4 is 9.84 Å². The van der Waals surface area contributed by atoms with E-state index in [-0.39, 0.29) is 16.7 Å². The van der Waals surface area contributed by atoms with Crippen molar-refractivity contribution in [1.82, 2.24) is 0 Å². The zero-order valence-electron chi connectivity index (χ0n) is 8.77. The van der Waals surface area contributed by atoms with Gasteiger partial charge in [0.05, 0.1) is 0 Å². The summed E-state index contributed by atoms with van der Waals surface area (Å²) in [4.78, 5) is -0.0454. The Labute approximate surface area is 89.7 Å². The molecule has 0 aliphatic heterocycles. The molecule has 1 unspecified atom stereocenters. The van der Waals surface area contributed by atoms with Crippen molar-refractivity contribution in [3.05, 3.63) is 23.8 Å². The number of hydrogen-bond donors (Lipinski definition) is 2. The zero-order chi connectivity index (χ0) is 11.6. The van der Waals surface area contributed by atoms with E-state index in [0.717, 1.165) is 11.8 Å². The molecule has 4 nitrogen and oxygen atoms in total. The second-order valence-corrected chi connectivity index (χ2v) is 5.74. The van der Waals surface area contributed by atoms with Crippen LogP contribution < -0.4 is 5.73 Å². The highest BCUT2D eigenvalue weighted by molar-refractivity contribution is 7.90. The van der Waals surface area contributed by atoms with Crippen molar-refractivity contribution in [3.8, 4) is 5.75 Å². The number of benzene rings is 1. The predicted molar refractivity (Wildman–Crippen MR) is 58.6 cm³/mol. The fourth-order valence-electron chi connectivity index (χ4n) is 1.38. The molecule has 1 rings (SSSR count). The highest BCUT2D eigenvalue weighted by Gasteiger charge is 2.13. The van der Waals surface area contributed by atoms with E-state index >= 15 is 0 Å². The summed E-state index contributed by atoms with van der Waals surface area (Å²) in [6, 6.07) is 4.50. The lowest BCUT2D eigenvalue weighted by molar-refractivity contribution is 0.458. The molecule has 0 radical (unpaired) electrons. The maximum absolute atomic E-state index is 11.2. The Balaban J connectivity index is 3.09. The fourth-order valence-corrected chi connectivity index (χ4v) is 2.13. The molecule has 84 valence electrons. The van der Waals surface area contributed by atoms with E-state index in [1.165, 1.54) is 12.1 Å². The van der Waals surface area contributed by atoms with Crippen LogP contribution in [0, 0.1) is 0 Å². The third-order valence-electron chi connectivity index (χ3n) is 1.98. The van der Waals surface area contributed by atoms with Gasteiger partial charge in [-0.05, 0) is 31.0 Å². The maximum Gasteiger partial charge on any atom is 0.179 e. The molecule has 0 fully saturated rings. The lowest BCUT2D eigenvalue weighted by Crippen LogP contribution is -2.17. The Hall–Kier alpha value is -1.07. The van der Waals surface area contributed by atoms with Crippen molar-refractivity contribution in [2.24, 2.45) is 5.73 Å². The van der Waals surface area contributed by atoms with Crippen LogP contribution in [-0.4, -0.2) is 25.8 Å². The van der Waals surface area contributed by atoms with Gasteiger partial charge in [-0.25, -0.2) is 8.42 Å². The summed E-state index contributed by atoms with van der Waals surface area (Å²) in [6.45, 7) is 1.85. The molecule has 5 heteroatoms. The summed E-state index contributed by atoms with van der Waals surface area (Å²) in [5.41, 5.74) is 6.43. The SMILES string of the molecule is CC(N)Cc1ccc(S(C)(=O)=O)c(O)c1. The molecule has 0 saturated carbocycles. The number of nitrogens with two attached hydrogens (primary N) is 1. The van der Waals surface area contributed by atoms with E-state index in [4.69, 9.17) is 5.73 Å². The summed E-state index contributed by atoms with van der Waals surface area (Å²) < 4.78 is 22.4. The van der Waals surface area contributed by atoms with Crippen LogP contribution in [0.4, 0.5) is 0 Å². The average molecular weight is 229 g/mol. The second kappa shape index (κ2) is 4.20. The Kier molecular flexibility index (Phi) is 3.36. The number of hydrogen-bond acceptors (Lipinski definition) is 4. The van der Waals surface area contributed by atoms with Gasteiger partial charge in [0.25, 0.3) is 0 Å². The van der Waals surface area contributed by atoms with Crippen LogP contribution in [0.1, 0.15) is 12.5 Å². The molecule has 0 amide bonds.